The average Bonchev–Trinajstić information content (AvgIpc) is 2.95. The Bertz CT molecular complexity index is 668. The highest BCUT2D eigenvalue weighted by atomic mass is 19.4. The number of carbonyl (C=O) groups is 2. The van der Waals surface area contributed by atoms with Crippen molar-refractivity contribution in [2.24, 2.45) is 5.92 Å². The molecule has 0 saturated carbocycles. The van der Waals surface area contributed by atoms with Gasteiger partial charge in [-0.3, -0.25) is 14.5 Å². The Hall–Kier alpha value is -2.13. The molecule has 1 spiro atoms. The van der Waals surface area contributed by atoms with Crippen molar-refractivity contribution in [3.05, 3.63) is 35.9 Å². The minimum absolute atomic E-state index is 0.145. The molecule has 2 aliphatic heterocycles. The molecule has 2 saturated heterocycles. The molecule has 0 aliphatic carbocycles. The van der Waals surface area contributed by atoms with Gasteiger partial charge < -0.3 is 15.4 Å². The second kappa shape index (κ2) is 7.24. The molecule has 26 heavy (non-hydrogen) atoms. The van der Waals surface area contributed by atoms with Crippen LogP contribution in [-0.2, 0) is 20.9 Å². The number of amides is 2. The summed E-state index contributed by atoms with van der Waals surface area (Å²) in [7, 11) is 0. The molecule has 9 heteroatoms. The molecule has 3 rings (SSSR count). The van der Waals surface area contributed by atoms with Crippen LogP contribution in [0.25, 0.3) is 0 Å². The summed E-state index contributed by atoms with van der Waals surface area (Å²) in [4.78, 5) is 26.7. The van der Waals surface area contributed by atoms with Crippen LogP contribution in [0.3, 0.4) is 0 Å². The van der Waals surface area contributed by atoms with Gasteiger partial charge in [-0.2, -0.15) is 13.2 Å². The van der Waals surface area contributed by atoms with Crippen LogP contribution in [0.1, 0.15) is 5.56 Å². The third-order valence-corrected chi connectivity index (χ3v) is 4.62. The fourth-order valence-corrected chi connectivity index (χ4v) is 3.47. The summed E-state index contributed by atoms with van der Waals surface area (Å²) in [5, 5.41) is 4.55. The molecule has 1 aromatic rings. The van der Waals surface area contributed by atoms with Crippen molar-refractivity contribution >= 4 is 11.8 Å². The third-order valence-electron chi connectivity index (χ3n) is 4.62. The van der Waals surface area contributed by atoms with Gasteiger partial charge in [-0.05, 0) is 5.56 Å². The summed E-state index contributed by atoms with van der Waals surface area (Å²) in [5.74, 6) is -2.28. The predicted molar refractivity (Wildman–Crippen MR) is 86.0 cm³/mol. The lowest BCUT2D eigenvalue weighted by atomic mass is 9.88. The van der Waals surface area contributed by atoms with E-state index in [9.17, 15) is 22.8 Å². The van der Waals surface area contributed by atoms with Crippen molar-refractivity contribution in [1.29, 1.82) is 0 Å². The summed E-state index contributed by atoms with van der Waals surface area (Å²) in [6.45, 7) is -0.130. The van der Waals surface area contributed by atoms with Crippen molar-refractivity contribution in [1.82, 2.24) is 15.5 Å². The molecule has 0 radical (unpaired) electrons. The molecular weight excluding hydrogens is 351 g/mol. The molecule has 1 aromatic carbocycles. The van der Waals surface area contributed by atoms with Gasteiger partial charge in [-0.15, -0.1) is 0 Å². The molecule has 2 fully saturated rings. The summed E-state index contributed by atoms with van der Waals surface area (Å²) in [5.41, 5.74) is -0.474. The van der Waals surface area contributed by atoms with Gasteiger partial charge in [0.2, 0.25) is 5.91 Å². The first-order chi connectivity index (χ1) is 12.3. The lowest BCUT2D eigenvalue weighted by Gasteiger charge is -2.36. The van der Waals surface area contributed by atoms with E-state index in [-0.39, 0.29) is 19.7 Å². The number of carbonyl (C=O) groups excluding carboxylic acids is 2. The monoisotopic (exact) mass is 371 g/mol. The van der Waals surface area contributed by atoms with Crippen LogP contribution >= 0.6 is 0 Å². The Kier molecular flexibility index (Phi) is 5.19. The van der Waals surface area contributed by atoms with E-state index in [0.29, 0.717) is 13.1 Å². The second-order valence-corrected chi connectivity index (χ2v) is 6.53. The summed E-state index contributed by atoms with van der Waals surface area (Å²) >= 11 is 0. The van der Waals surface area contributed by atoms with Gasteiger partial charge in [0.05, 0.1) is 12.5 Å². The van der Waals surface area contributed by atoms with E-state index in [1.807, 2.05) is 40.5 Å². The summed E-state index contributed by atoms with van der Waals surface area (Å²) in [6.07, 6.45) is -4.51. The van der Waals surface area contributed by atoms with Gasteiger partial charge in [0.25, 0.3) is 5.91 Å². The van der Waals surface area contributed by atoms with E-state index in [0.717, 1.165) is 5.56 Å². The van der Waals surface area contributed by atoms with Crippen molar-refractivity contribution in [3.63, 3.8) is 0 Å². The maximum Gasteiger partial charge on any atom is 0.405 e. The van der Waals surface area contributed by atoms with Gasteiger partial charge in [-0.25, -0.2) is 0 Å². The van der Waals surface area contributed by atoms with Crippen LogP contribution in [-0.4, -0.2) is 61.3 Å². The van der Waals surface area contributed by atoms with Crippen molar-refractivity contribution in [3.8, 4) is 0 Å². The van der Waals surface area contributed by atoms with Crippen LogP contribution in [0, 0.1) is 5.92 Å². The zero-order valence-corrected chi connectivity index (χ0v) is 14.0. The molecule has 2 atom stereocenters. The number of nitrogens with one attached hydrogen (secondary N) is 2. The second-order valence-electron chi connectivity index (χ2n) is 6.53. The van der Waals surface area contributed by atoms with Gasteiger partial charge >= 0.3 is 6.18 Å². The number of hydrogen-bond donors (Lipinski definition) is 2. The number of morpholine rings is 1. The van der Waals surface area contributed by atoms with Gasteiger partial charge in [-0.1, -0.05) is 30.3 Å². The van der Waals surface area contributed by atoms with Crippen molar-refractivity contribution in [2.75, 3.05) is 32.8 Å². The minimum Gasteiger partial charge on any atom is -0.361 e. The normalized spacial score (nSPS) is 26.7. The predicted octanol–water partition coefficient (Wildman–Crippen LogP) is 0.682. The number of alkyl halides is 3. The first-order valence-corrected chi connectivity index (χ1v) is 8.33. The molecule has 0 bridgehead atoms. The van der Waals surface area contributed by atoms with Crippen molar-refractivity contribution in [2.45, 2.75) is 18.3 Å². The molecule has 2 aliphatic rings. The number of halogens is 3. The lowest BCUT2D eigenvalue weighted by Crippen LogP contribution is -2.62. The highest BCUT2D eigenvalue weighted by Crippen LogP contribution is 2.34. The fraction of sp³-hybridized carbons (Fsp3) is 0.529. The van der Waals surface area contributed by atoms with Crippen LogP contribution in [0.2, 0.25) is 0 Å². The van der Waals surface area contributed by atoms with Gasteiger partial charge in [0.15, 0.2) is 5.60 Å². The number of hydrogen-bond acceptors (Lipinski definition) is 4. The molecule has 2 N–H and O–H groups in total. The van der Waals surface area contributed by atoms with E-state index < -0.39 is 36.1 Å². The molecule has 2 unspecified atom stereocenters. The van der Waals surface area contributed by atoms with E-state index in [1.165, 1.54) is 0 Å². The largest absolute Gasteiger partial charge is 0.405 e. The number of nitrogens with zero attached hydrogens (tertiary/aromatic N) is 1. The Balaban J connectivity index is 1.77. The van der Waals surface area contributed by atoms with Crippen LogP contribution in [0.15, 0.2) is 30.3 Å². The molecule has 2 amide bonds. The Morgan fingerprint density at radius 2 is 2.08 bits per heavy atom. The standard InChI is InChI=1S/C17H20F3N3O3/c18-17(19,20)10-22-14(24)13-9-23(8-12-4-2-1-3-5-12)11-16(13)15(25)21-6-7-26-16/h1-5,13H,6-11H2,(H,21,25)(H,22,24). The number of likely N-dealkylation sites (tertiary alicyclic amines) is 1. The Labute approximate surface area is 148 Å². The zero-order valence-electron chi connectivity index (χ0n) is 14.0. The third kappa shape index (κ3) is 3.99. The van der Waals surface area contributed by atoms with Crippen LogP contribution in [0.5, 0.6) is 0 Å². The average molecular weight is 371 g/mol. The number of benzene rings is 1. The highest BCUT2D eigenvalue weighted by molar-refractivity contribution is 5.94. The quantitative estimate of drug-likeness (QED) is 0.817. The van der Waals surface area contributed by atoms with E-state index >= 15 is 0 Å². The Morgan fingerprint density at radius 1 is 1.35 bits per heavy atom. The maximum atomic E-state index is 12.5. The lowest BCUT2D eigenvalue weighted by molar-refractivity contribution is -0.165. The fourth-order valence-electron chi connectivity index (χ4n) is 3.47. The number of ether oxygens (including phenoxy) is 1. The van der Waals surface area contributed by atoms with Crippen molar-refractivity contribution < 1.29 is 27.5 Å². The molecule has 142 valence electrons. The van der Waals surface area contributed by atoms with E-state index in [1.54, 1.807) is 0 Å². The smallest absolute Gasteiger partial charge is 0.361 e. The first kappa shape index (κ1) is 18.7. The molecule has 6 nitrogen and oxygen atoms in total. The minimum atomic E-state index is -4.51. The van der Waals surface area contributed by atoms with Crippen LogP contribution < -0.4 is 10.6 Å². The van der Waals surface area contributed by atoms with Gasteiger partial charge in [0, 0.05) is 26.2 Å². The summed E-state index contributed by atoms with van der Waals surface area (Å²) in [6, 6.07) is 9.44. The van der Waals surface area contributed by atoms with E-state index in [2.05, 4.69) is 5.32 Å². The SMILES string of the molecule is O=C(NCC(F)(F)F)C1CN(Cc2ccccc2)CC12OCCNC2=O. The van der Waals surface area contributed by atoms with E-state index in [4.69, 9.17) is 4.74 Å². The molecular formula is C17H20F3N3O3. The Morgan fingerprint density at radius 3 is 2.73 bits per heavy atom. The van der Waals surface area contributed by atoms with Crippen LogP contribution in [0.4, 0.5) is 13.2 Å². The summed E-state index contributed by atoms with van der Waals surface area (Å²) < 4.78 is 43.0. The molecule has 0 aromatic heterocycles. The zero-order chi connectivity index (χ0) is 18.8. The number of rotatable bonds is 4. The maximum absolute atomic E-state index is 12.5. The topological polar surface area (TPSA) is 70.7 Å². The first-order valence-electron chi connectivity index (χ1n) is 8.33. The van der Waals surface area contributed by atoms with Gasteiger partial charge in [0.1, 0.15) is 6.54 Å². The highest BCUT2D eigenvalue weighted by Gasteiger charge is 2.57. The molecule has 2 heterocycles.